The van der Waals surface area contributed by atoms with Crippen molar-refractivity contribution in [1.29, 1.82) is 0 Å². The second-order valence-electron chi connectivity index (χ2n) is 3.34. The highest BCUT2D eigenvalue weighted by atomic mass is 14.8. The van der Waals surface area contributed by atoms with Crippen LogP contribution in [0.15, 0.2) is 0 Å². The summed E-state index contributed by atoms with van der Waals surface area (Å²) in [5.74, 6) is 0.935. The van der Waals surface area contributed by atoms with Crippen LogP contribution in [0.3, 0.4) is 0 Å². The smallest absolute Gasteiger partial charge is 0.00804 e. The molecule has 98 valence electrons. The van der Waals surface area contributed by atoms with Crippen molar-refractivity contribution in [1.82, 2.24) is 5.32 Å². The fourth-order valence-corrected chi connectivity index (χ4v) is 0.289. The molecule has 0 spiro atoms. The molecule has 0 saturated carbocycles. The van der Waals surface area contributed by atoms with Crippen LogP contribution in [0.1, 0.15) is 60.8 Å². The van der Waals surface area contributed by atoms with E-state index in [1.807, 2.05) is 7.05 Å². The Morgan fingerprint density at radius 2 is 1.13 bits per heavy atom. The van der Waals surface area contributed by atoms with E-state index in [4.69, 9.17) is 0 Å². The van der Waals surface area contributed by atoms with Crippen LogP contribution in [-0.2, 0) is 0 Å². The zero-order valence-corrected chi connectivity index (χ0v) is 12.5. The molecule has 0 aliphatic carbocycles. The first-order valence-electron chi connectivity index (χ1n) is 6.36. The van der Waals surface area contributed by atoms with Crippen molar-refractivity contribution in [2.24, 2.45) is 11.7 Å². The summed E-state index contributed by atoms with van der Waals surface area (Å²) in [5.41, 5.74) is 4.50. The molecule has 0 unspecified atom stereocenters. The zero-order chi connectivity index (χ0) is 13.1. The molecule has 0 radical (unpaired) electrons. The largest absolute Gasteiger partial charge is 0.333 e. The van der Waals surface area contributed by atoms with E-state index in [1.165, 1.54) is 26.3 Å². The molecule has 0 aliphatic rings. The molecule has 0 aromatic rings. The highest BCUT2D eigenvalue weighted by Gasteiger charge is 1.88. The zero-order valence-electron chi connectivity index (χ0n) is 12.5. The van der Waals surface area contributed by atoms with Crippen molar-refractivity contribution in [2.75, 3.05) is 20.6 Å². The third-order valence-electron chi connectivity index (χ3n) is 1.75. The predicted octanol–water partition coefficient (Wildman–Crippen LogP) is 3.66. The Labute approximate surface area is 99.0 Å². The van der Waals surface area contributed by atoms with E-state index in [0.717, 1.165) is 12.5 Å². The van der Waals surface area contributed by atoms with Gasteiger partial charge in [-0.05, 0) is 26.6 Å². The van der Waals surface area contributed by atoms with Gasteiger partial charge in [0.1, 0.15) is 0 Å². The summed E-state index contributed by atoms with van der Waals surface area (Å²) in [4.78, 5) is 0. The second-order valence-corrected chi connectivity index (χ2v) is 3.34. The predicted molar refractivity (Wildman–Crippen MR) is 75.4 cm³/mol. The number of hydrogen-bond acceptors (Lipinski definition) is 2. The van der Waals surface area contributed by atoms with Gasteiger partial charge in [0, 0.05) is 0 Å². The number of nitrogens with two attached hydrogens (primary N) is 1. The van der Waals surface area contributed by atoms with Gasteiger partial charge < -0.3 is 11.1 Å². The van der Waals surface area contributed by atoms with Gasteiger partial charge in [0.25, 0.3) is 0 Å². The maximum Gasteiger partial charge on any atom is -0.00804 e. The fraction of sp³-hybridized carbons (Fsp3) is 1.00. The van der Waals surface area contributed by atoms with Gasteiger partial charge in [0.2, 0.25) is 0 Å². The van der Waals surface area contributed by atoms with Gasteiger partial charge in [0.05, 0.1) is 0 Å². The van der Waals surface area contributed by atoms with E-state index >= 15 is 0 Å². The molecule has 0 aromatic heterocycles. The molecule has 0 bridgehead atoms. The van der Waals surface area contributed by atoms with Gasteiger partial charge in [-0.1, -0.05) is 60.8 Å². The first-order chi connectivity index (χ1) is 7.14. The Kier molecular flexibility index (Phi) is 59.9. The third-order valence-corrected chi connectivity index (χ3v) is 1.75. The maximum atomic E-state index is 4.50. The highest BCUT2D eigenvalue weighted by Crippen LogP contribution is 2.02. The van der Waals surface area contributed by atoms with Crippen LogP contribution in [-0.4, -0.2) is 20.6 Å². The average molecular weight is 220 g/mol. The van der Waals surface area contributed by atoms with Crippen molar-refractivity contribution in [2.45, 2.75) is 60.8 Å². The molecule has 15 heavy (non-hydrogen) atoms. The van der Waals surface area contributed by atoms with Crippen molar-refractivity contribution < 1.29 is 0 Å². The Morgan fingerprint density at radius 3 is 1.13 bits per heavy atom. The molecule has 0 saturated heterocycles. The van der Waals surface area contributed by atoms with Crippen LogP contribution in [0.25, 0.3) is 0 Å². The van der Waals surface area contributed by atoms with Crippen molar-refractivity contribution in [3.8, 4) is 0 Å². The molecular weight excluding hydrogens is 184 g/mol. The van der Waals surface area contributed by atoms with E-state index in [2.05, 4.69) is 52.6 Å². The highest BCUT2D eigenvalue weighted by molar-refractivity contribution is 4.41. The molecule has 0 amide bonds. The topological polar surface area (TPSA) is 38.0 Å². The fourth-order valence-electron chi connectivity index (χ4n) is 0.289. The van der Waals surface area contributed by atoms with Gasteiger partial charge in [-0.15, -0.1) is 0 Å². The summed E-state index contributed by atoms with van der Waals surface area (Å²) in [6.07, 6.45) is 3.91. The Hall–Kier alpha value is -0.0800. The minimum atomic E-state index is 0.935. The first-order valence-corrected chi connectivity index (χ1v) is 6.36. The normalized spacial score (nSPS) is 7.60. The van der Waals surface area contributed by atoms with Gasteiger partial charge in [-0.25, -0.2) is 0 Å². The molecular formula is C13H36N2. The lowest BCUT2D eigenvalue weighted by Gasteiger charge is -1.98. The lowest BCUT2D eigenvalue weighted by Crippen LogP contribution is -2.01. The molecule has 0 atom stereocenters. The van der Waals surface area contributed by atoms with Gasteiger partial charge in [-0.2, -0.15) is 0 Å². The van der Waals surface area contributed by atoms with Crippen LogP contribution in [0.5, 0.6) is 0 Å². The minimum absolute atomic E-state index is 0.935. The van der Waals surface area contributed by atoms with E-state index in [9.17, 15) is 0 Å². The number of hydrogen-bond donors (Lipinski definition) is 2. The third kappa shape index (κ3) is 81.7. The Balaban J connectivity index is -0.0000000590. The number of nitrogens with one attached hydrogen (secondary N) is 1. The molecule has 2 heteroatoms. The Morgan fingerprint density at radius 1 is 0.933 bits per heavy atom. The van der Waals surface area contributed by atoms with E-state index in [0.29, 0.717) is 0 Å². The SMILES string of the molecule is CCC.CCC(C)CC.CCNC.CN. The van der Waals surface area contributed by atoms with E-state index in [-0.39, 0.29) is 0 Å². The van der Waals surface area contributed by atoms with Crippen LogP contribution >= 0.6 is 0 Å². The number of rotatable bonds is 3. The molecule has 0 rings (SSSR count). The van der Waals surface area contributed by atoms with E-state index in [1.54, 1.807) is 0 Å². The summed E-state index contributed by atoms with van der Waals surface area (Å²) in [6, 6.07) is 0. The van der Waals surface area contributed by atoms with E-state index < -0.39 is 0 Å². The monoisotopic (exact) mass is 220 g/mol. The molecule has 0 fully saturated rings. The van der Waals surface area contributed by atoms with Gasteiger partial charge in [-0.3, -0.25) is 0 Å². The first kappa shape index (κ1) is 24.2. The summed E-state index contributed by atoms with van der Waals surface area (Å²) < 4.78 is 0. The minimum Gasteiger partial charge on any atom is -0.333 e. The molecule has 3 N–H and O–H groups in total. The second kappa shape index (κ2) is 37.0. The van der Waals surface area contributed by atoms with Crippen LogP contribution in [0.4, 0.5) is 0 Å². The molecule has 0 aromatic carbocycles. The summed E-state index contributed by atoms with van der Waals surface area (Å²) in [5, 5.41) is 2.93. The van der Waals surface area contributed by atoms with Gasteiger partial charge in [0.15, 0.2) is 0 Å². The van der Waals surface area contributed by atoms with Crippen LogP contribution in [0.2, 0.25) is 0 Å². The average Bonchev–Trinajstić information content (AvgIpc) is 2.32. The van der Waals surface area contributed by atoms with Crippen LogP contribution in [0, 0.1) is 5.92 Å². The lowest BCUT2D eigenvalue weighted by atomic mass is 10.1. The summed E-state index contributed by atoms with van der Waals surface area (Å²) >= 11 is 0. The molecule has 0 aliphatic heterocycles. The van der Waals surface area contributed by atoms with Crippen molar-refractivity contribution in [3.63, 3.8) is 0 Å². The molecule has 2 nitrogen and oxygen atoms in total. The van der Waals surface area contributed by atoms with Crippen LogP contribution < -0.4 is 11.1 Å². The molecule has 0 heterocycles. The Bertz CT molecular complexity index is 50.5. The standard InChI is InChI=1S/C6H14.C3H9N.C3H8.CH5N/c1-4-6(3)5-2;1-3-4-2;1-3-2;1-2/h6H,4-5H2,1-3H3;4H,3H2,1-2H3;3H2,1-2H3;2H2,1H3. The lowest BCUT2D eigenvalue weighted by molar-refractivity contribution is 0.544. The maximum absolute atomic E-state index is 4.50. The van der Waals surface area contributed by atoms with Crippen molar-refractivity contribution >= 4 is 0 Å². The van der Waals surface area contributed by atoms with Crippen molar-refractivity contribution in [3.05, 3.63) is 0 Å². The quantitative estimate of drug-likeness (QED) is 0.762. The summed E-state index contributed by atoms with van der Waals surface area (Å²) in [7, 11) is 3.43. The van der Waals surface area contributed by atoms with Gasteiger partial charge >= 0.3 is 0 Å². The summed E-state index contributed by atoms with van der Waals surface area (Å²) in [6.45, 7) is 14.1.